The van der Waals surface area contributed by atoms with Gasteiger partial charge in [-0.15, -0.1) is 0 Å². The van der Waals surface area contributed by atoms with Gasteiger partial charge in [-0.05, 0) is 52.8 Å². The van der Waals surface area contributed by atoms with E-state index in [9.17, 15) is 0 Å². The second kappa shape index (κ2) is 10.4. The molecule has 0 radical (unpaired) electrons. The summed E-state index contributed by atoms with van der Waals surface area (Å²) in [5.74, 6) is 1.18. The standard InChI is InChI=1S/C42H28N2O/c1-3-12-28(13-4-1)38-26-39(44-42(43-38)29-14-5-2-6-15-29)35-25-37-36-24-32(31-20-19-27-11-7-8-16-30(27)23-31)21-22-40(36)45-41(37)34-18-10-9-17-33(34)35/h1-18,20-27H,19H2. The molecule has 7 aromatic rings. The van der Waals surface area contributed by atoms with Gasteiger partial charge in [-0.1, -0.05) is 127 Å². The minimum absolute atomic E-state index is 0.473. The van der Waals surface area contributed by atoms with E-state index in [0.717, 1.165) is 67.2 Å². The Labute approximate surface area is 261 Å². The fourth-order valence-electron chi connectivity index (χ4n) is 6.71. The molecule has 212 valence electrons. The first-order valence-corrected chi connectivity index (χ1v) is 15.4. The molecule has 45 heavy (non-hydrogen) atoms. The van der Waals surface area contributed by atoms with Crippen LogP contribution in [0.15, 0.2) is 162 Å². The van der Waals surface area contributed by atoms with Gasteiger partial charge >= 0.3 is 0 Å². The number of hydrogen-bond donors (Lipinski definition) is 0. The first-order valence-electron chi connectivity index (χ1n) is 15.4. The predicted octanol–water partition coefficient (Wildman–Crippen LogP) is 11.0. The third kappa shape index (κ3) is 4.44. The molecular weight excluding hydrogens is 548 g/mol. The first kappa shape index (κ1) is 25.7. The second-order valence-electron chi connectivity index (χ2n) is 11.7. The van der Waals surface area contributed by atoms with Crippen molar-refractivity contribution in [3.05, 3.63) is 163 Å². The van der Waals surface area contributed by atoms with Crippen molar-refractivity contribution in [1.82, 2.24) is 9.97 Å². The lowest BCUT2D eigenvalue weighted by Crippen LogP contribution is -2.05. The summed E-state index contributed by atoms with van der Waals surface area (Å²) >= 11 is 0. The molecule has 0 saturated heterocycles. The Morgan fingerprint density at radius 2 is 1.36 bits per heavy atom. The summed E-state index contributed by atoms with van der Waals surface area (Å²) < 4.78 is 6.58. The van der Waals surface area contributed by atoms with Crippen LogP contribution < -0.4 is 0 Å². The lowest BCUT2D eigenvalue weighted by atomic mass is 9.84. The molecule has 0 N–H and O–H groups in total. The minimum atomic E-state index is 0.473. The molecule has 9 rings (SSSR count). The largest absolute Gasteiger partial charge is 0.455 e. The number of allylic oxidation sites excluding steroid dienone is 8. The van der Waals surface area contributed by atoms with E-state index in [2.05, 4.69) is 127 Å². The van der Waals surface area contributed by atoms with Gasteiger partial charge in [0.2, 0.25) is 0 Å². The molecule has 3 nitrogen and oxygen atoms in total. The van der Waals surface area contributed by atoms with Crippen molar-refractivity contribution >= 4 is 38.3 Å². The molecule has 0 bridgehead atoms. The van der Waals surface area contributed by atoms with Crippen LogP contribution in [0.4, 0.5) is 0 Å². The topological polar surface area (TPSA) is 38.9 Å². The van der Waals surface area contributed by atoms with Crippen molar-refractivity contribution in [3.63, 3.8) is 0 Å². The van der Waals surface area contributed by atoms with E-state index in [1.54, 1.807) is 0 Å². The van der Waals surface area contributed by atoms with Crippen LogP contribution in [0.5, 0.6) is 0 Å². The van der Waals surface area contributed by atoms with Gasteiger partial charge in [-0.2, -0.15) is 0 Å². The Kier molecular flexibility index (Phi) is 5.95. The summed E-state index contributed by atoms with van der Waals surface area (Å²) in [6.45, 7) is 0. The highest BCUT2D eigenvalue weighted by Gasteiger charge is 2.20. The lowest BCUT2D eigenvalue weighted by Gasteiger charge is -2.21. The zero-order valence-electron chi connectivity index (χ0n) is 24.5. The lowest BCUT2D eigenvalue weighted by molar-refractivity contribution is 0.672. The van der Waals surface area contributed by atoms with E-state index in [1.807, 2.05) is 24.3 Å². The Morgan fingerprint density at radius 3 is 2.20 bits per heavy atom. The number of rotatable bonds is 4. The van der Waals surface area contributed by atoms with Crippen LogP contribution in [0.3, 0.4) is 0 Å². The van der Waals surface area contributed by atoms with E-state index in [0.29, 0.717) is 11.7 Å². The molecular formula is C42H28N2O. The summed E-state index contributed by atoms with van der Waals surface area (Å²) in [5, 5.41) is 4.37. The average Bonchev–Trinajstić information content (AvgIpc) is 3.50. The fraction of sp³-hybridized carbons (Fsp3) is 0.0476. The van der Waals surface area contributed by atoms with Gasteiger partial charge in [0.25, 0.3) is 0 Å². The maximum absolute atomic E-state index is 6.58. The second-order valence-corrected chi connectivity index (χ2v) is 11.7. The molecule has 2 heterocycles. The van der Waals surface area contributed by atoms with E-state index in [-0.39, 0.29) is 0 Å². The van der Waals surface area contributed by atoms with Gasteiger partial charge < -0.3 is 4.42 Å². The first-order chi connectivity index (χ1) is 22.3. The third-order valence-electron chi connectivity index (χ3n) is 9.00. The monoisotopic (exact) mass is 576 g/mol. The molecule has 2 aromatic heterocycles. The van der Waals surface area contributed by atoms with Gasteiger partial charge in [0.05, 0.1) is 11.4 Å². The number of nitrogens with zero attached hydrogens (tertiary/aromatic N) is 2. The highest BCUT2D eigenvalue weighted by atomic mass is 16.3. The van der Waals surface area contributed by atoms with Crippen LogP contribution in [-0.2, 0) is 0 Å². The number of benzene rings is 5. The normalized spacial score (nSPS) is 15.8. The molecule has 0 aliphatic heterocycles. The summed E-state index contributed by atoms with van der Waals surface area (Å²) in [4.78, 5) is 10.2. The number of aromatic nitrogens is 2. The fourth-order valence-corrected chi connectivity index (χ4v) is 6.71. The van der Waals surface area contributed by atoms with Crippen molar-refractivity contribution < 1.29 is 4.42 Å². The van der Waals surface area contributed by atoms with Crippen LogP contribution >= 0.6 is 0 Å². The molecule has 0 spiro atoms. The van der Waals surface area contributed by atoms with Crippen LogP contribution in [0.25, 0.3) is 72.2 Å². The van der Waals surface area contributed by atoms with Crippen LogP contribution in [0.1, 0.15) is 12.0 Å². The molecule has 1 atom stereocenters. The maximum atomic E-state index is 6.58. The number of furan rings is 1. The third-order valence-corrected chi connectivity index (χ3v) is 9.00. The SMILES string of the molecule is C1=CC2=CC(c3ccc4oc5c6ccccc6c(-c6cc(-c7ccccc7)nc(-c7ccccc7)n6)cc5c4c3)=CCC2C=C1. The molecule has 0 amide bonds. The summed E-state index contributed by atoms with van der Waals surface area (Å²) in [6.07, 6.45) is 14.5. The molecule has 0 fully saturated rings. The Morgan fingerprint density at radius 1 is 0.600 bits per heavy atom. The molecule has 2 aliphatic rings. The van der Waals surface area contributed by atoms with E-state index < -0.39 is 0 Å². The number of hydrogen-bond acceptors (Lipinski definition) is 3. The van der Waals surface area contributed by atoms with Crippen molar-refractivity contribution in [2.45, 2.75) is 6.42 Å². The van der Waals surface area contributed by atoms with Crippen LogP contribution in [-0.4, -0.2) is 9.97 Å². The Bertz CT molecular complexity index is 2330. The molecule has 3 heteroatoms. The summed E-state index contributed by atoms with van der Waals surface area (Å²) in [6, 6.07) is 40.0. The van der Waals surface area contributed by atoms with Gasteiger partial charge in [-0.3, -0.25) is 0 Å². The van der Waals surface area contributed by atoms with Crippen molar-refractivity contribution in [2.24, 2.45) is 5.92 Å². The maximum Gasteiger partial charge on any atom is 0.160 e. The quantitative estimate of drug-likeness (QED) is 0.209. The number of fused-ring (bicyclic) bond motifs is 6. The predicted molar refractivity (Wildman–Crippen MR) is 186 cm³/mol. The molecule has 2 aliphatic carbocycles. The highest BCUT2D eigenvalue weighted by molar-refractivity contribution is 6.19. The highest BCUT2D eigenvalue weighted by Crippen LogP contribution is 2.42. The van der Waals surface area contributed by atoms with E-state index >= 15 is 0 Å². The van der Waals surface area contributed by atoms with E-state index in [4.69, 9.17) is 14.4 Å². The van der Waals surface area contributed by atoms with Crippen molar-refractivity contribution in [2.75, 3.05) is 0 Å². The Hall–Kier alpha value is -5.80. The van der Waals surface area contributed by atoms with Crippen molar-refractivity contribution in [3.8, 4) is 33.9 Å². The van der Waals surface area contributed by atoms with Gasteiger partial charge in [-0.25, -0.2) is 9.97 Å². The van der Waals surface area contributed by atoms with Crippen LogP contribution in [0.2, 0.25) is 0 Å². The van der Waals surface area contributed by atoms with Crippen molar-refractivity contribution in [1.29, 1.82) is 0 Å². The zero-order valence-corrected chi connectivity index (χ0v) is 24.5. The summed E-state index contributed by atoms with van der Waals surface area (Å²) in [7, 11) is 0. The summed E-state index contributed by atoms with van der Waals surface area (Å²) in [5.41, 5.74) is 10.5. The minimum Gasteiger partial charge on any atom is -0.455 e. The smallest absolute Gasteiger partial charge is 0.160 e. The van der Waals surface area contributed by atoms with Crippen LogP contribution in [0, 0.1) is 5.92 Å². The van der Waals surface area contributed by atoms with Gasteiger partial charge in [0, 0.05) is 38.8 Å². The average molecular weight is 577 g/mol. The Balaban J connectivity index is 1.27. The van der Waals surface area contributed by atoms with Gasteiger partial charge in [0.15, 0.2) is 5.82 Å². The molecule has 1 unspecified atom stereocenters. The van der Waals surface area contributed by atoms with E-state index in [1.165, 1.54) is 16.7 Å². The van der Waals surface area contributed by atoms with Gasteiger partial charge in [0.1, 0.15) is 11.2 Å². The zero-order chi connectivity index (χ0) is 29.7. The molecule has 5 aromatic carbocycles. The molecule has 0 saturated carbocycles.